The van der Waals surface area contributed by atoms with Gasteiger partial charge in [-0.2, -0.15) is 0 Å². The third-order valence-corrected chi connectivity index (χ3v) is 7.20. The van der Waals surface area contributed by atoms with E-state index in [4.69, 9.17) is 4.74 Å². The van der Waals surface area contributed by atoms with Gasteiger partial charge in [0, 0.05) is 42.5 Å². The molecule has 0 bridgehead atoms. The number of halogens is 1. The predicted molar refractivity (Wildman–Crippen MR) is 127 cm³/mol. The Bertz CT molecular complexity index is 1380. The molecule has 3 aliphatic rings. The van der Waals surface area contributed by atoms with Crippen LogP contribution in [0.4, 0.5) is 10.2 Å². The van der Waals surface area contributed by atoms with Crippen molar-refractivity contribution in [2.45, 2.75) is 37.9 Å². The standard InChI is InChI=1S/C25H26FN5O4/c26-18-3-1-14-9-19(32)25(34)31-12-15(22(18)23(14)31)11-30-7-5-16(6-8-30)27-10-17-2-4-20-24(28-17)29-21(33)13-35-20/h1-4,9,15-16,27,32H,5-8,10-13H2,(H,28,29,33). The Hall–Kier alpha value is -3.50. The molecule has 1 fully saturated rings. The van der Waals surface area contributed by atoms with E-state index in [2.05, 4.69) is 20.5 Å². The second-order valence-corrected chi connectivity index (χ2v) is 9.48. The molecule has 5 heterocycles. The average Bonchev–Trinajstić information content (AvgIpc) is 3.24. The number of likely N-dealkylation sites (tertiary alicyclic amines) is 1. The first kappa shape index (κ1) is 22.0. The van der Waals surface area contributed by atoms with Crippen molar-refractivity contribution < 1.29 is 19.0 Å². The van der Waals surface area contributed by atoms with Crippen LogP contribution in [0.25, 0.3) is 10.9 Å². The van der Waals surface area contributed by atoms with Crippen LogP contribution in [0.2, 0.25) is 0 Å². The molecule has 1 unspecified atom stereocenters. The molecule has 1 aromatic carbocycles. The zero-order chi connectivity index (χ0) is 24.1. The number of hydrogen-bond acceptors (Lipinski definition) is 7. The van der Waals surface area contributed by atoms with Gasteiger partial charge in [-0.25, -0.2) is 9.37 Å². The maximum Gasteiger partial charge on any atom is 0.293 e. The molecule has 1 atom stereocenters. The summed E-state index contributed by atoms with van der Waals surface area (Å²) in [6, 6.07) is 8.51. The molecule has 0 aliphatic carbocycles. The molecule has 10 heteroatoms. The maximum atomic E-state index is 14.8. The zero-order valence-corrected chi connectivity index (χ0v) is 19.1. The smallest absolute Gasteiger partial charge is 0.293 e. The second kappa shape index (κ2) is 8.62. The van der Waals surface area contributed by atoms with Crippen molar-refractivity contribution in [1.82, 2.24) is 19.8 Å². The summed E-state index contributed by atoms with van der Waals surface area (Å²) in [6.07, 6.45) is 1.88. The molecule has 3 N–H and O–H groups in total. The minimum absolute atomic E-state index is 0.0127. The summed E-state index contributed by atoms with van der Waals surface area (Å²) >= 11 is 0. The molecular formula is C25H26FN5O4. The van der Waals surface area contributed by atoms with Gasteiger partial charge in [-0.15, -0.1) is 0 Å². The SMILES string of the molecule is O=C1COc2ccc(CNC3CCN(CC4Cn5c(=O)c(O)cc6ccc(F)c4c65)CC3)nc2N1. The third-order valence-electron chi connectivity index (χ3n) is 7.20. The minimum atomic E-state index is -0.461. The first-order valence-corrected chi connectivity index (χ1v) is 11.9. The largest absolute Gasteiger partial charge is 0.503 e. The number of piperidine rings is 1. The van der Waals surface area contributed by atoms with Crippen LogP contribution in [-0.2, 0) is 17.9 Å². The van der Waals surface area contributed by atoms with Gasteiger partial charge in [0.25, 0.3) is 11.5 Å². The average molecular weight is 480 g/mol. The number of nitrogens with one attached hydrogen (secondary N) is 2. The topological polar surface area (TPSA) is 109 Å². The van der Waals surface area contributed by atoms with E-state index in [1.54, 1.807) is 6.07 Å². The van der Waals surface area contributed by atoms with Gasteiger partial charge < -0.3 is 29.9 Å². The number of aromatic hydroxyl groups is 1. The van der Waals surface area contributed by atoms with Crippen LogP contribution < -0.4 is 20.9 Å². The Labute approximate surface area is 200 Å². The molecule has 3 aromatic rings. The molecule has 1 saturated heterocycles. The van der Waals surface area contributed by atoms with Gasteiger partial charge in [-0.1, -0.05) is 0 Å². The van der Waals surface area contributed by atoms with E-state index in [0.717, 1.165) is 31.6 Å². The Morgan fingerprint density at radius 2 is 2.03 bits per heavy atom. The molecule has 1 amide bonds. The summed E-state index contributed by atoms with van der Waals surface area (Å²) in [5.41, 5.74) is 1.55. The number of nitrogens with zero attached hydrogens (tertiary/aromatic N) is 3. The Kier molecular flexibility index (Phi) is 5.42. The molecule has 6 rings (SSSR count). The van der Waals surface area contributed by atoms with Gasteiger partial charge in [0.2, 0.25) is 0 Å². The van der Waals surface area contributed by atoms with Crippen LogP contribution >= 0.6 is 0 Å². The van der Waals surface area contributed by atoms with E-state index in [1.165, 1.54) is 16.7 Å². The molecule has 0 saturated carbocycles. The quantitative estimate of drug-likeness (QED) is 0.513. The van der Waals surface area contributed by atoms with Crippen molar-refractivity contribution in [2.24, 2.45) is 0 Å². The predicted octanol–water partition coefficient (Wildman–Crippen LogP) is 1.92. The Morgan fingerprint density at radius 3 is 2.86 bits per heavy atom. The van der Waals surface area contributed by atoms with E-state index in [1.807, 2.05) is 12.1 Å². The molecule has 0 radical (unpaired) electrons. The maximum absolute atomic E-state index is 14.8. The van der Waals surface area contributed by atoms with Crippen molar-refractivity contribution in [1.29, 1.82) is 0 Å². The lowest BCUT2D eigenvalue weighted by molar-refractivity contribution is -0.118. The Morgan fingerprint density at radius 1 is 1.20 bits per heavy atom. The number of carbonyl (C=O) groups excluding carboxylic acids is 1. The summed E-state index contributed by atoms with van der Waals surface area (Å²) in [6.45, 7) is 3.37. The number of fused-ring (bicyclic) bond motifs is 1. The van der Waals surface area contributed by atoms with E-state index in [9.17, 15) is 19.1 Å². The molecular weight excluding hydrogens is 453 g/mol. The third kappa shape index (κ3) is 4.02. The van der Waals surface area contributed by atoms with Crippen LogP contribution in [0, 0.1) is 5.82 Å². The highest BCUT2D eigenvalue weighted by atomic mass is 19.1. The highest BCUT2D eigenvalue weighted by Crippen LogP contribution is 2.36. The lowest BCUT2D eigenvalue weighted by atomic mass is 9.96. The number of hydrogen-bond donors (Lipinski definition) is 3. The van der Waals surface area contributed by atoms with Gasteiger partial charge in [0.15, 0.2) is 23.9 Å². The van der Waals surface area contributed by atoms with E-state index in [0.29, 0.717) is 53.7 Å². The fraction of sp³-hybridized carbons (Fsp3) is 0.400. The van der Waals surface area contributed by atoms with Crippen molar-refractivity contribution in [3.63, 3.8) is 0 Å². The number of ether oxygens (including phenoxy) is 1. The lowest BCUT2D eigenvalue weighted by Gasteiger charge is -2.34. The summed E-state index contributed by atoms with van der Waals surface area (Å²) < 4.78 is 21.7. The summed E-state index contributed by atoms with van der Waals surface area (Å²) in [5.74, 6) is 0.115. The number of carbonyl (C=O) groups is 1. The van der Waals surface area contributed by atoms with Crippen LogP contribution in [0.15, 0.2) is 35.1 Å². The van der Waals surface area contributed by atoms with Gasteiger partial charge in [0.05, 0.1) is 11.2 Å². The first-order chi connectivity index (χ1) is 17.0. The van der Waals surface area contributed by atoms with Crippen molar-refractivity contribution in [3.05, 3.63) is 57.8 Å². The molecule has 35 heavy (non-hydrogen) atoms. The van der Waals surface area contributed by atoms with E-state index >= 15 is 0 Å². The zero-order valence-electron chi connectivity index (χ0n) is 19.1. The summed E-state index contributed by atoms with van der Waals surface area (Å²) in [4.78, 5) is 30.8. The fourth-order valence-corrected chi connectivity index (χ4v) is 5.47. The van der Waals surface area contributed by atoms with Crippen LogP contribution in [0.1, 0.15) is 30.0 Å². The van der Waals surface area contributed by atoms with Crippen molar-refractivity contribution in [3.8, 4) is 11.5 Å². The molecule has 0 spiro atoms. The monoisotopic (exact) mass is 479 g/mol. The van der Waals surface area contributed by atoms with E-state index < -0.39 is 5.56 Å². The van der Waals surface area contributed by atoms with Gasteiger partial charge in [0.1, 0.15) is 5.82 Å². The molecule has 182 valence electrons. The molecule has 9 nitrogen and oxygen atoms in total. The summed E-state index contributed by atoms with van der Waals surface area (Å²) in [7, 11) is 0. The second-order valence-electron chi connectivity index (χ2n) is 9.48. The van der Waals surface area contributed by atoms with Crippen molar-refractivity contribution in [2.75, 3.05) is 31.6 Å². The van der Waals surface area contributed by atoms with Crippen LogP contribution in [0.3, 0.4) is 0 Å². The number of pyridine rings is 2. The summed E-state index contributed by atoms with van der Waals surface area (Å²) in [5, 5.41) is 17.0. The minimum Gasteiger partial charge on any atom is -0.503 e. The number of benzene rings is 1. The molecule has 2 aromatic heterocycles. The van der Waals surface area contributed by atoms with Crippen molar-refractivity contribution >= 4 is 22.6 Å². The molecule has 3 aliphatic heterocycles. The first-order valence-electron chi connectivity index (χ1n) is 11.9. The van der Waals surface area contributed by atoms with Crippen LogP contribution in [-0.4, -0.2) is 57.7 Å². The Balaban J connectivity index is 1.07. The van der Waals surface area contributed by atoms with Gasteiger partial charge in [-0.05, 0) is 56.3 Å². The number of rotatable bonds is 5. The normalized spacial score (nSPS) is 20.0. The lowest BCUT2D eigenvalue weighted by Crippen LogP contribution is -2.43. The fourth-order valence-electron chi connectivity index (χ4n) is 5.47. The number of aromatic nitrogens is 2. The number of anilines is 1. The van der Waals surface area contributed by atoms with E-state index in [-0.39, 0.29) is 30.0 Å². The number of amides is 1. The van der Waals surface area contributed by atoms with Gasteiger partial charge >= 0.3 is 0 Å². The van der Waals surface area contributed by atoms with Gasteiger partial charge in [-0.3, -0.25) is 9.59 Å². The highest BCUT2D eigenvalue weighted by molar-refractivity contribution is 5.94. The van der Waals surface area contributed by atoms with Crippen LogP contribution in [0.5, 0.6) is 11.5 Å². The highest BCUT2D eigenvalue weighted by Gasteiger charge is 2.32.